The van der Waals surface area contributed by atoms with Crippen molar-refractivity contribution in [3.8, 4) is 0 Å². The summed E-state index contributed by atoms with van der Waals surface area (Å²) in [4.78, 5) is 16.0. The van der Waals surface area contributed by atoms with Crippen molar-refractivity contribution in [2.24, 2.45) is 5.92 Å². The first kappa shape index (κ1) is 13.5. The molecule has 1 aliphatic heterocycles. The first-order valence-corrected chi connectivity index (χ1v) is 6.23. The van der Waals surface area contributed by atoms with Gasteiger partial charge >= 0.3 is 0 Å². The van der Waals surface area contributed by atoms with Gasteiger partial charge in [-0.25, -0.2) is 0 Å². The molecular formula is C12H24N2O2. The lowest BCUT2D eigenvalue weighted by molar-refractivity contribution is -0.136. The largest absolute Gasteiger partial charge is 0.395 e. The summed E-state index contributed by atoms with van der Waals surface area (Å²) in [6, 6.07) is 0.260. The van der Waals surface area contributed by atoms with Crippen LogP contribution in [0, 0.1) is 5.92 Å². The third kappa shape index (κ3) is 3.19. The molecule has 94 valence electrons. The van der Waals surface area contributed by atoms with Crippen molar-refractivity contribution in [2.45, 2.75) is 33.2 Å². The number of aliphatic hydroxyl groups is 1. The van der Waals surface area contributed by atoms with Gasteiger partial charge in [0, 0.05) is 38.1 Å². The Kier molecular flexibility index (Phi) is 5.22. The number of carbonyl (C=O) groups is 1. The number of carbonyl (C=O) groups excluding carboxylic acids is 1. The van der Waals surface area contributed by atoms with Gasteiger partial charge in [0.05, 0.1) is 6.61 Å². The number of hydrogen-bond acceptors (Lipinski definition) is 3. The van der Waals surface area contributed by atoms with Gasteiger partial charge in [-0.05, 0) is 6.42 Å². The molecule has 0 aromatic heterocycles. The van der Waals surface area contributed by atoms with E-state index in [2.05, 4.69) is 11.8 Å². The number of amides is 1. The zero-order chi connectivity index (χ0) is 12.1. The predicted molar refractivity (Wildman–Crippen MR) is 64.2 cm³/mol. The number of aliphatic hydroxyl groups excluding tert-OH is 1. The topological polar surface area (TPSA) is 43.8 Å². The average molecular weight is 228 g/mol. The van der Waals surface area contributed by atoms with Crippen molar-refractivity contribution in [1.29, 1.82) is 0 Å². The van der Waals surface area contributed by atoms with Gasteiger partial charge in [0.25, 0.3) is 0 Å². The molecule has 1 saturated heterocycles. The number of rotatable bonds is 4. The van der Waals surface area contributed by atoms with Crippen LogP contribution < -0.4 is 0 Å². The molecule has 0 aromatic carbocycles. The Morgan fingerprint density at radius 3 is 2.19 bits per heavy atom. The maximum absolute atomic E-state index is 11.8. The summed E-state index contributed by atoms with van der Waals surface area (Å²) in [7, 11) is 0. The van der Waals surface area contributed by atoms with Crippen molar-refractivity contribution in [3.63, 3.8) is 0 Å². The van der Waals surface area contributed by atoms with Crippen LogP contribution in [0.5, 0.6) is 0 Å². The molecule has 1 N–H and O–H groups in total. The molecule has 1 rings (SSSR count). The molecular weight excluding hydrogens is 204 g/mol. The molecule has 1 atom stereocenters. The molecule has 16 heavy (non-hydrogen) atoms. The smallest absolute Gasteiger partial charge is 0.225 e. The third-order valence-corrected chi connectivity index (χ3v) is 3.32. The quantitative estimate of drug-likeness (QED) is 0.764. The summed E-state index contributed by atoms with van der Waals surface area (Å²) in [5, 5.41) is 9.22. The highest BCUT2D eigenvalue weighted by Crippen LogP contribution is 2.11. The molecule has 0 aromatic rings. The Bertz CT molecular complexity index is 219. The van der Waals surface area contributed by atoms with Crippen LogP contribution in [0.1, 0.15) is 27.2 Å². The van der Waals surface area contributed by atoms with Crippen LogP contribution in [-0.2, 0) is 4.79 Å². The normalized spacial score (nSPS) is 20.2. The highest BCUT2D eigenvalue weighted by Gasteiger charge is 2.25. The van der Waals surface area contributed by atoms with E-state index in [1.54, 1.807) is 0 Å². The minimum Gasteiger partial charge on any atom is -0.395 e. The van der Waals surface area contributed by atoms with Crippen LogP contribution in [0.4, 0.5) is 0 Å². The molecule has 0 saturated carbocycles. The predicted octanol–water partition coefficient (Wildman–Crippen LogP) is 0.557. The standard InChI is InChI=1S/C12H24N2O2/c1-4-11(9-15)13-5-7-14(8-6-13)12(16)10(2)3/h10-11,15H,4-9H2,1-3H3. The summed E-state index contributed by atoms with van der Waals surface area (Å²) in [5.41, 5.74) is 0. The Hall–Kier alpha value is -0.610. The molecule has 0 aliphatic carbocycles. The van der Waals surface area contributed by atoms with Crippen LogP contribution in [0.2, 0.25) is 0 Å². The Labute approximate surface area is 98.2 Å². The second kappa shape index (κ2) is 6.21. The summed E-state index contributed by atoms with van der Waals surface area (Å²) < 4.78 is 0. The van der Waals surface area contributed by atoms with Gasteiger partial charge < -0.3 is 10.0 Å². The van der Waals surface area contributed by atoms with Crippen LogP contribution in [0.3, 0.4) is 0 Å². The fourth-order valence-electron chi connectivity index (χ4n) is 2.18. The summed E-state index contributed by atoms with van der Waals surface area (Å²) >= 11 is 0. The van der Waals surface area contributed by atoms with Crippen molar-refractivity contribution in [1.82, 2.24) is 9.80 Å². The fourth-order valence-corrected chi connectivity index (χ4v) is 2.18. The molecule has 1 amide bonds. The molecule has 4 nitrogen and oxygen atoms in total. The molecule has 0 spiro atoms. The molecule has 1 fully saturated rings. The summed E-state index contributed by atoms with van der Waals surface area (Å²) in [6.45, 7) is 9.56. The van der Waals surface area contributed by atoms with Crippen molar-refractivity contribution in [2.75, 3.05) is 32.8 Å². The van der Waals surface area contributed by atoms with E-state index in [1.165, 1.54) is 0 Å². The number of piperazine rings is 1. The van der Waals surface area contributed by atoms with Gasteiger partial charge in [-0.15, -0.1) is 0 Å². The number of nitrogens with zero attached hydrogens (tertiary/aromatic N) is 2. The van der Waals surface area contributed by atoms with Crippen LogP contribution >= 0.6 is 0 Å². The van der Waals surface area contributed by atoms with E-state index in [1.807, 2.05) is 18.7 Å². The highest BCUT2D eigenvalue weighted by atomic mass is 16.3. The summed E-state index contributed by atoms with van der Waals surface area (Å²) in [6.07, 6.45) is 0.967. The van der Waals surface area contributed by atoms with Gasteiger partial charge in [0.1, 0.15) is 0 Å². The van der Waals surface area contributed by atoms with Gasteiger partial charge in [-0.3, -0.25) is 9.69 Å². The zero-order valence-electron chi connectivity index (χ0n) is 10.6. The Balaban J connectivity index is 2.42. The van der Waals surface area contributed by atoms with Gasteiger partial charge in [-0.1, -0.05) is 20.8 Å². The SMILES string of the molecule is CCC(CO)N1CCN(C(=O)C(C)C)CC1. The van der Waals surface area contributed by atoms with Crippen LogP contribution in [0.25, 0.3) is 0 Å². The molecule has 1 heterocycles. The van der Waals surface area contributed by atoms with Crippen LogP contribution in [-0.4, -0.2) is 59.6 Å². The monoisotopic (exact) mass is 228 g/mol. The Morgan fingerprint density at radius 1 is 1.25 bits per heavy atom. The van der Waals surface area contributed by atoms with E-state index in [9.17, 15) is 9.90 Å². The molecule has 4 heteroatoms. The maximum Gasteiger partial charge on any atom is 0.225 e. The summed E-state index contributed by atoms with van der Waals surface area (Å²) in [5.74, 6) is 0.336. The fraction of sp³-hybridized carbons (Fsp3) is 0.917. The lowest BCUT2D eigenvalue weighted by Crippen LogP contribution is -2.53. The van der Waals surface area contributed by atoms with Gasteiger partial charge in [0.2, 0.25) is 5.91 Å². The minimum atomic E-state index is 0.0892. The van der Waals surface area contributed by atoms with Crippen molar-refractivity contribution in [3.05, 3.63) is 0 Å². The Morgan fingerprint density at radius 2 is 1.81 bits per heavy atom. The first-order valence-electron chi connectivity index (χ1n) is 6.23. The molecule has 0 radical (unpaired) electrons. The van der Waals surface area contributed by atoms with E-state index in [-0.39, 0.29) is 24.5 Å². The van der Waals surface area contributed by atoms with Crippen LogP contribution in [0.15, 0.2) is 0 Å². The second-order valence-corrected chi connectivity index (χ2v) is 4.76. The van der Waals surface area contributed by atoms with E-state index in [0.717, 1.165) is 32.6 Å². The third-order valence-electron chi connectivity index (χ3n) is 3.32. The maximum atomic E-state index is 11.8. The average Bonchev–Trinajstić information content (AvgIpc) is 2.30. The zero-order valence-corrected chi connectivity index (χ0v) is 10.6. The molecule has 1 unspecified atom stereocenters. The van der Waals surface area contributed by atoms with E-state index in [4.69, 9.17) is 0 Å². The minimum absolute atomic E-state index is 0.0892. The van der Waals surface area contributed by atoms with E-state index >= 15 is 0 Å². The first-order chi connectivity index (χ1) is 7.60. The number of hydrogen-bond donors (Lipinski definition) is 1. The lowest BCUT2D eigenvalue weighted by Gasteiger charge is -2.39. The van der Waals surface area contributed by atoms with E-state index in [0.29, 0.717) is 0 Å². The van der Waals surface area contributed by atoms with Gasteiger partial charge in [-0.2, -0.15) is 0 Å². The van der Waals surface area contributed by atoms with E-state index < -0.39 is 0 Å². The lowest BCUT2D eigenvalue weighted by atomic mass is 10.1. The molecule has 1 aliphatic rings. The second-order valence-electron chi connectivity index (χ2n) is 4.76. The van der Waals surface area contributed by atoms with Crippen molar-refractivity contribution >= 4 is 5.91 Å². The highest BCUT2D eigenvalue weighted by molar-refractivity contribution is 5.78. The van der Waals surface area contributed by atoms with Crippen molar-refractivity contribution < 1.29 is 9.90 Å². The molecule has 0 bridgehead atoms. The van der Waals surface area contributed by atoms with Gasteiger partial charge in [0.15, 0.2) is 0 Å².